The largest absolute Gasteiger partial charge is 0.495 e. The zero-order valence-corrected chi connectivity index (χ0v) is 14.0. The monoisotopic (exact) mass is 347 g/mol. The molecule has 7 nitrogen and oxygen atoms in total. The standard InChI is InChI=1S/C16H17N3O4S/c1-10-7-8-14-12(9-10)17-15(19-24(14,21)22)16(20)18-11-5-3-4-6-13(11)23-2/h3-9,15,17,19H,1-2H3,(H,18,20)/t15-/m0/s1. The summed E-state index contributed by atoms with van der Waals surface area (Å²) in [4.78, 5) is 12.6. The molecule has 0 saturated heterocycles. The van der Waals surface area contributed by atoms with Gasteiger partial charge in [0.25, 0.3) is 5.91 Å². The van der Waals surface area contributed by atoms with Crippen molar-refractivity contribution in [2.45, 2.75) is 18.0 Å². The molecular weight excluding hydrogens is 330 g/mol. The molecule has 1 amide bonds. The number of carbonyl (C=O) groups excluding carboxylic acids is 1. The van der Waals surface area contributed by atoms with Gasteiger partial charge < -0.3 is 15.4 Å². The summed E-state index contributed by atoms with van der Waals surface area (Å²) in [5, 5.41) is 5.57. The zero-order valence-electron chi connectivity index (χ0n) is 13.2. The second kappa shape index (κ2) is 6.14. The third-order valence-corrected chi connectivity index (χ3v) is 5.11. The summed E-state index contributed by atoms with van der Waals surface area (Å²) in [6.07, 6.45) is -1.12. The van der Waals surface area contributed by atoms with E-state index in [1.54, 1.807) is 36.4 Å². The minimum Gasteiger partial charge on any atom is -0.495 e. The van der Waals surface area contributed by atoms with Gasteiger partial charge in [-0.15, -0.1) is 0 Å². The molecule has 1 atom stereocenters. The fraction of sp³-hybridized carbons (Fsp3) is 0.188. The van der Waals surface area contributed by atoms with Gasteiger partial charge in [-0.1, -0.05) is 18.2 Å². The number of anilines is 2. The molecule has 8 heteroatoms. The molecule has 0 saturated carbocycles. The molecule has 2 aromatic carbocycles. The van der Waals surface area contributed by atoms with E-state index in [0.717, 1.165) is 5.56 Å². The van der Waals surface area contributed by atoms with Crippen molar-refractivity contribution >= 4 is 27.3 Å². The van der Waals surface area contributed by atoms with Crippen LogP contribution in [-0.2, 0) is 14.8 Å². The van der Waals surface area contributed by atoms with Crippen molar-refractivity contribution in [1.82, 2.24) is 4.72 Å². The number of fused-ring (bicyclic) bond motifs is 1. The number of methoxy groups -OCH3 is 1. The lowest BCUT2D eigenvalue weighted by molar-refractivity contribution is -0.117. The highest BCUT2D eigenvalue weighted by Crippen LogP contribution is 2.28. The van der Waals surface area contributed by atoms with Gasteiger partial charge in [-0.05, 0) is 36.8 Å². The van der Waals surface area contributed by atoms with Gasteiger partial charge in [0.15, 0.2) is 6.17 Å². The second-order valence-electron chi connectivity index (χ2n) is 5.39. The quantitative estimate of drug-likeness (QED) is 0.785. The number of sulfonamides is 1. The van der Waals surface area contributed by atoms with Gasteiger partial charge in [0.05, 0.1) is 18.5 Å². The number of aryl methyl sites for hydroxylation is 1. The summed E-state index contributed by atoms with van der Waals surface area (Å²) in [5.41, 5.74) is 1.75. The minimum absolute atomic E-state index is 0.120. The van der Waals surface area contributed by atoms with Crippen LogP contribution < -0.4 is 20.1 Å². The second-order valence-corrected chi connectivity index (χ2v) is 7.07. The molecule has 0 fully saturated rings. The Morgan fingerprint density at radius 2 is 1.96 bits per heavy atom. The molecule has 0 aromatic heterocycles. The van der Waals surface area contributed by atoms with Crippen molar-refractivity contribution in [2.24, 2.45) is 0 Å². The number of ether oxygens (including phenoxy) is 1. The van der Waals surface area contributed by atoms with Gasteiger partial charge in [0, 0.05) is 0 Å². The van der Waals surface area contributed by atoms with Gasteiger partial charge >= 0.3 is 0 Å². The van der Waals surface area contributed by atoms with Crippen molar-refractivity contribution in [3.63, 3.8) is 0 Å². The number of carbonyl (C=O) groups is 1. The smallest absolute Gasteiger partial charge is 0.263 e. The molecule has 0 radical (unpaired) electrons. The zero-order chi connectivity index (χ0) is 17.3. The van der Waals surface area contributed by atoms with E-state index in [2.05, 4.69) is 15.4 Å². The third-order valence-electron chi connectivity index (χ3n) is 3.62. The van der Waals surface area contributed by atoms with Gasteiger partial charge in [0.2, 0.25) is 10.0 Å². The van der Waals surface area contributed by atoms with Crippen molar-refractivity contribution in [1.29, 1.82) is 0 Å². The number of para-hydroxylation sites is 2. The molecule has 1 heterocycles. The molecule has 1 aliphatic rings. The normalized spacial score (nSPS) is 18.2. The molecule has 0 bridgehead atoms. The highest BCUT2D eigenvalue weighted by Gasteiger charge is 2.33. The molecule has 0 aliphatic carbocycles. The summed E-state index contributed by atoms with van der Waals surface area (Å²) in [6.45, 7) is 1.85. The Hall–Kier alpha value is -2.58. The van der Waals surface area contributed by atoms with Gasteiger partial charge in [-0.25, -0.2) is 8.42 Å². The molecule has 3 rings (SSSR count). The Balaban J connectivity index is 1.87. The van der Waals surface area contributed by atoms with E-state index < -0.39 is 22.1 Å². The number of benzene rings is 2. The first-order valence-electron chi connectivity index (χ1n) is 7.24. The van der Waals surface area contributed by atoms with E-state index in [1.165, 1.54) is 13.2 Å². The van der Waals surface area contributed by atoms with Crippen LogP contribution in [0.5, 0.6) is 5.75 Å². The van der Waals surface area contributed by atoms with Crippen LogP contribution in [-0.4, -0.2) is 27.6 Å². The van der Waals surface area contributed by atoms with Gasteiger partial charge in [0.1, 0.15) is 10.6 Å². The Morgan fingerprint density at radius 1 is 1.21 bits per heavy atom. The van der Waals surface area contributed by atoms with Crippen molar-refractivity contribution in [2.75, 3.05) is 17.7 Å². The van der Waals surface area contributed by atoms with E-state index in [9.17, 15) is 13.2 Å². The average Bonchev–Trinajstić information content (AvgIpc) is 2.54. The summed E-state index contributed by atoms with van der Waals surface area (Å²) in [6, 6.07) is 11.8. The summed E-state index contributed by atoms with van der Waals surface area (Å²) in [7, 11) is -2.27. The van der Waals surface area contributed by atoms with Crippen LogP contribution in [0.3, 0.4) is 0 Å². The fourth-order valence-corrected chi connectivity index (χ4v) is 3.72. The molecule has 2 aromatic rings. The first-order valence-corrected chi connectivity index (χ1v) is 8.72. The third kappa shape index (κ3) is 3.06. The topological polar surface area (TPSA) is 96.5 Å². The van der Waals surface area contributed by atoms with Gasteiger partial charge in [-0.3, -0.25) is 4.79 Å². The van der Waals surface area contributed by atoms with E-state index in [0.29, 0.717) is 17.1 Å². The number of nitrogens with one attached hydrogen (secondary N) is 3. The maximum atomic E-state index is 12.5. The number of hydrogen-bond donors (Lipinski definition) is 3. The number of rotatable bonds is 3. The Bertz CT molecular complexity index is 896. The average molecular weight is 347 g/mol. The Labute approximate surface area is 140 Å². The van der Waals surface area contributed by atoms with Crippen molar-refractivity contribution < 1.29 is 17.9 Å². The van der Waals surface area contributed by atoms with Crippen LogP contribution in [0.1, 0.15) is 5.56 Å². The van der Waals surface area contributed by atoms with Crippen LogP contribution in [0.2, 0.25) is 0 Å². The predicted octanol–water partition coefficient (Wildman–Crippen LogP) is 1.67. The van der Waals surface area contributed by atoms with Crippen LogP contribution >= 0.6 is 0 Å². The highest BCUT2D eigenvalue weighted by molar-refractivity contribution is 7.89. The van der Waals surface area contributed by atoms with E-state index >= 15 is 0 Å². The molecule has 0 spiro atoms. The first kappa shape index (κ1) is 16.3. The maximum absolute atomic E-state index is 12.5. The lowest BCUT2D eigenvalue weighted by atomic mass is 10.2. The van der Waals surface area contributed by atoms with Crippen LogP contribution in [0.15, 0.2) is 47.4 Å². The molecule has 3 N–H and O–H groups in total. The minimum atomic E-state index is -3.77. The number of amides is 1. The van der Waals surface area contributed by atoms with Crippen molar-refractivity contribution in [3.05, 3.63) is 48.0 Å². The lowest BCUT2D eigenvalue weighted by Crippen LogP contribution is -2.51. The van der Waals surface area contributed by atoms with E-state index in [1.807, 2.05) is 6.92 Å². The van der Waals surface area contributed by atoms with Crippen LogP contribution in [0.25, 0.3) is 0 Å². The SMILES string of the molecule is COc1ccccc1NC(=O)[C@H]1Nc2cc(C)ccc2S(=O)(=O)N1. The maximum Gasteiger partial charge on any atom is 0.263 e. The summed E-state index contributed by atoms with van der Waals surface area (Å²) >= 11 is 0. The first-order chi connectivity index (χ1) is 11.4. The van der Waals surface area contributed by atoms with Gasteiger partial charge in [-0.2, -0.15) is 4.72 Å². The lowest BCUT2D eigenvalue weighted by Gasteiger charge is -2.27. The molecular formula is C16H17N3O4S. The Kier molecular flexibility index (Phi) is 4.16. The van der Waals surface area contributed by atoms with Crippen molar-refractivity contribution in [3.8, 4) is 5.75 Å². The Morgan fingerprint density at radius 3 is 2.71 bits per heavy atom. The number of hydrogen-bond acceptors (Lipinski definition) is 5. The fourth-order valence-electron chi connectivity index (χ4n) is 2.47. The summed E-state index contributed by atoms with van der Waals surface area (Å²) < 4.78 is 32.1. The molecule has 126 valence electrons. The van der Waals surface area contributed by atoms with E-state index in [-0.39, 0.29) is 4.90 Å². The molecule has 24 heavy (non-hydrogen) atoms. The van der Waals surface area contributed by atoms with Crippen LogP contribution in [0, 0.1) is 6.92 Å². The predicted molar refractivity (Wildman–Crippen MR) is 90.5 cm³/mol. The highest BCUT2D eigenvalue weighted by atomic mass is 32.2. The molecule has 0 unspecified atom stereocenters. The molecule has 1 aliphatic heterocycles. The summed E-state index contributed by atoms with van der Waals surface area (Å²) in [5.74, 6) is -0.0454. The van der Waals surface area contributed by atoms with Crippen LogP contribution in [0.4, 0.5) is 11.4 Å². The van der Waals surface area contributed by atoms with E-state index in [4.69, 9.17) is 4.74 Å².